The predicted octanol–water partition coefficient (Wildman–Crippen LogP) is 3.15. The van der Waals surface area contributed by atoms with Gasteiger partial charge in [0.15, 0.2) is 0 Å². The van der Waals surface area contributed by atoms with Gasteiger partial charge in [0.05, 0.1) is 7.11 Å². The minimum absolute atomic E-state index is 0.363. The monoisotopic (exact) mass is 233 g/mol. The zero-order valence-electron chi connectivity index (χ0n) is 10.7. The average Bonchev–Trinajstić information content (AvgIpc) is 2.56. The Morgan fingerprint density at radius 1 is 1.18 bits per heavy atom. The van der Waals surface area contributed by atoms with Crippen molar-refractivity contribution in [3.8, 4) is 5.75 Å². The molecular weight excluding hydrogens is 210 g/mol. The SMILES string of the molecule is COc1ccccc1CC1CCCCCC1N. The third kappa shape index (κ3) is 3.22. The lowest BCUT2D eigenvalue weighted by molar-refractivity contribution is 0.375. The highest BCUT2D eigenvalue weighted by atomic mass is 16.5. The number of nitrogens with two attached hydrogens (primary N) is 1. The van der Waals surface area contributed by atoms with Crippen molar-refractivity contribution >= 4 is 0 Å². The standard InChI is InChI=1S/C15H23NO/c1-17-15-10-6-5-8-13(15)11-12-7-3-2-4-9-14(12)16/h5-6,8,10,12,14H,2-4,7,9,11,16H2,1H3. The van der Waals surface area contributed by atoms with E-state index < -0.39 is 0 Å². The molecule has 0 aromatic heterocycles. The summed E-state index contributed by atoms with van der Waals surface area (Å²) in [6, 6.07) is 8.67. The number of benzene rings is 1. The maximum Gasteiger partial charge on any atom is 0.122 e. The molecule has 1 aromatic rings. The van der Waals surface area contributed by atoms with Gasteiger partial charge in [-0.2, -0.15) is 0 Å². The molecule has 1 aromatic carbocycles. The third-order valence-corrected chi connectivity index (χ3v) is 3.89. The summed E-state index contributed by atoms with van der Waals surface area (Å²) in [6.45, 7) is 0. The first-order chi connectivity index (χ1) is 8.31. The molecule has 0 radical (unpaired) electrons. The minimum atomic E-state index is 0.363. The van der Waals surface area contributed by atoms with Gasteiger partial charge in [-0.15, -0.1) is 0 Å². The van der Waals surface area contributed by atoms with E-state index in [4.69, 9.17) is 10.5 Å². The molecule has 1 fully saturated rings. The summed E-state index contributed by atoms with van der Waals surface area (Å²) in [6.07, 6.45) is 7.47. The van der Waals surface area contributed by atoms with Crippen molar-refractivity contribution in [2.24, 2.45) is 11.7 Å². The highest BCUT2D eigenvalue weighted by Crippen LogP contribution is 2.28. The lowest BCUT2D eigenvalue weighted by Crippen LogP contribution is -2.30. The Balaban J connectivity index is 2.07. The molecule has 2 nitrogen and oxygen atoms in total. The topological polar surface area (TPSA) is 35.2 Å². The van der Waals surface area contributed by atoms with Crippen LogP contribution in [0.5, 0.6) is 5.75 Å². The van der Waals surface area contributed by atoms with E-state index in [2.05, 4.69) is 12.1 Å². The van der Waals surface area contributed by atoms with Crippen LogP contribution in [-0.4, -0.2) is 13.2 Å². The van der Waals surface area contributed by atoms with E-state index in [0.29, 0.717) is 12.0 Å². The smallest absolute Gasteiger partial charge is 0.122 e. The predicted molar refractivity (Wildman–Crippen MR) is 71.2 cm³/mol. The number of rotatable bonds is 3. The second-order valence-corrected chi connectivity index (χ2v) is 5.08. The summed E-state index contributed by atoms with van der Waals surface area (Å²) in [5.41, 5.74) is 7.58. The van der Waals surface area contributed by atoms with Crippen LogP contribution in [0.25, 0.3) is 0 Å². The largest absolute Gasteiger partial charge is 0.496 e. The van der Waals surface area contributed by atoms with Crippen LogP contribution in [0.2, 0.25) is 0 Å². The van der Waals surface area contributed by atoms with Gasteiger partial charge in [0.1, 0.15) is 5.75 Å². The second-order valence-electron chi connectivity index (χ2n) is 5.08. The van der Waals surface area contributed by atoms with Crippen molar-refractivity contribution in [3.63, 3.8) is 0 Å². The zero-order chi connectivity index (χ0) is 12.1. The Bertz CT molecular complexity index is 351. The molecule has 2 unspecified atom stereocenters. The molecule has 94 valence electrons. The van der Waals surface area contributed by atoms with Crippen LogP contribution >= 0.6 is 0 Å². The summed E-state index contributed by atoms with van der Waals surface area (Å²) in [7, 11) is 1.74. The minimum Gasteiger partial charge on any atom is -0.496 e. The van der Waals surface area contributed by atoms with Crippen LogP contribution in [0.4, 0.5) is 0 Å². The van der Waals surface area contributed by atoms with Crippen molar-refractivity contribution < 1.29 is 4.74 Å². The summed E-state index contributed by atoms with van der Waals surface area (Å²) in [5, 5.41) is 0. The molecule has 1 saturated carbocycles. The van der Waals surface area contributed by atoms with Gasteiger partial charge in [-0.3, -0.25) is 0 Å². The first-order valence-electron chi connectivity index (χ1n) is 6.68. The lowest BCUT2D eigenvalue weighted by atomic mass is 9.88. The van der Waals surface area contributed by atoms with E-state index in [0.717, 1.165) is 12.2 Å². The van der Waals surface area contributed by atoms with Crippen molar-refractivity contribution in [3.05, 3.63) is 29.8 Å². The molecule has 1 aliphatic rings. The van der Waals surface area contributed by atoms with E-state index in [1.807, 2.05) is 12.1 Å². The van der Waals surface area contributed by atoms with E-state index in [1.54, 1.807) is 7.11 Å². The van der Waals surface area contributed by atoms with E-state index in [-0.39, 0.29) is 0 Å². The Morgan fingerprint density at radius 2 is 1.94 bits per heavy atom. The van der Waals surface area contributed by atoms with Crippen LogP contribution < -0.4 is 10.5 Å². The Labute approximate surface area is 104 Å². The zero-order valence-corrected chi connectivity index (χ0v) is 10.7. The molecule has 0 amide bonds. The highest BCUT2D eigenvalue weighted by molar-refractivity contribution is 5.33. The van der Waals surface area contributed by atoms with Crippen molar-refractivity contribution in [1.29, 1.82) is 0 Å². The third-order valence-electron chi connectivity index (χ3n) is 3.89. The Hall–Kier alpha value is -1.02. The molecule has 2 rings (SSSR count). The van der Waals surface area contributed by atoms with Crippen LogP contribution in [0, 0.1) is 5.92 Å². The Morgan fingerprint density at radius 3 is 2.76 bits per heavy atom. The molecule has 0 saturated heterocycles. The quantitative estimate of drug-likeness (QED) is 0.814. The first kappa shape index (κ1) is 12.4. The van der Waals surface area contributed by atoms with Crippen molar-refractivity contribution in [1.82, 2.24) is 0 Å². The molecule has 17 heavy (non-hydrogen) atoms. The van der Waals surface area contributed by atoms with Gasteiger partial charge < -0.3 is 10.5 Å². The fraction of sp³-hybridized carbons (Fsp3) is 0.600. The highest BCUT2D eigenvalue weighted by Gasteiger charge is 2.21. The molecule has 1 aliphatic carbocycles. The van der Waals surface area contributed by atoms with Gasteiger partial charge in [0, 0.05) is 6.04 Å². The molecule has 2 atom stereocenters. The summed E-state index contributed by atoms with van der Waals surface area (Å²) >= 11 is 0. The number of ether oxygens (including phenoxy) is 1. The van der Waals surface area contributed by atoms with E-state index >= 15 is 0 Å². The molecule has 2 N–H and O–H groups in total. The number of para-hydroxylation sites is 1. The number of hydrogen-bond acceptors (Lipinski definition) is 2. The van der Waals surface area contributed by atoms with Crippen LogP contribution in [0.3, 0.4) is 0 Å². The normalized spacial score (nSPS) is 25.3. The van der Waals surface area contributed by atoms with Crippen molar-refractivity contribution in [2.45, 2.75) is 44.6 Å². The van der Waals surface area contributed by atoms with Gasteiger partial charge in [-0.25, -0.2) is 0 Å². The maximum absolute atomic E-state index is 6.28. The van der Waals surface area contributed by atoms with Crippen LogP contribution in [0.15, 0.2) is 24.3 Å². The van der Waals surface area contributed by atoms with Gasteiger partial charge in [0.25, 0.3) is 0 Å². The van der Waals surface area contributed by atoms with Gasteiger partial charge >= 0.3 is 0 Å². The number of methoxy groups -OCH3 is 1. The van der Waals surface area contributed by atoms with E-state index in [9.17, 15) is 0 Å². The summed E-state index contributed by atoms with van der Waals surface area (Å²) in [4.78, 5) is 0. The summed E-state index contributed by atoms with van der Waals surface area (Å²) in [5.74, 6) is 1.62. The Kier molecular flexibility index (Phi) is 4.43. The number of hydrogen-bond donors (Lipinski definition) is 1. The fourth-order valence-electron chi connectivity index (χ4n) is 2.82. The van der Waals surface area contributed by atoms with Gasteiger partial charge in [-0.1, -0.05) is 37.5 Å². The van der Waals surface area contributed by atoms with Crippen LogP contribution in [0.1, 0.15) is 37.7 Å². The molecule has 0 spiro atoms. The average molecular weight is 233 g/mol. The lowest BCUT2D eigenvalue weighted by Gasteiger charge is -2.22. The molecule has 2 heteroatoms. The fourth-order valence-corrected chi connectivity index (χ4v) is 2.82. The van der Waals surface area contributed by atoms with Crippen LogP contribution in [-0.2, 0) is 6.42 Å². The van der Waals surface area contributed by atoms with Gasteiger partial charge in [-0.05, 0) is 36.8 Å². The van der Waals surface area contributed by atoms with Crippen molar-refractivity contribution in [2.75, 3.05) is 7.11 Å². The maximum atomic E-state index is 6.28. The first-order valence-corrected chi connectivity index (χ1v) is 6.68. The molecule has 0 bridgehead atoms. The molecule has 0 heterocycles. The molecule has 0 aliphatic heterocycles. The van der Waals surface area contributed by atoms with E-state index in [1.165, 1.54) is 37.7 Å². The second kappa shape index (κ2) is 6.06. The van der Waals surface area contributed by atoms with Gasteiger partial charge in [0.2, 0.25) is 0 Å². The summed E-state index contributed by atoms with van der Waals surface area (Å²) < 4.78 is 5.41. The molecular formula is C15H23NO.